The van der Waals surface area contributed by atoms with Gasteiger partial charge in [-0.15, -0.1) is 0 Å². The van der Waals surface area contributed by atoms with Crippen LogP contribution in [0.15, 0.2) is 41.8 Å². The maximum absolute atomic E-state index is 10.8. The SMILES string of the molecule is C[C@H]1CN(Cc2csc([N+](=O)[O-])c2)C[C@@H](c2ccccc2)O1. The van der Waals surface area contributed by atoms with E-state index in [-0.39, 0.29) is 22.1 Å². The van der Waals surface area contributed by atoms with Crippen LogP contribution in [0.25, 0.3) is 0 Å². The molecular formula is C16H18N2O3S. The van der Waals surface area contributed by atoms with Gasteiger partial charge in [-0.2, -0.15) is 0 Å². The van der Waals surface area contributed by atoms with Gasteiger partial charge in [0.2, 0.25) is 0 Å². The average molecular weight is 318 g/mol. The summed E-state index contributed by atoms with van der Waals surface area (Å²) in [5, 5.41) is 12.9. The monoisotopic (exact) mass is 318 g/mol. The van der Waals surface area contributed by atoms with Crippen molar-refractivity contribution in [2.45, 2.75) is 25.7 Å². The second-order valence-corrected chi connectivity index (χ2v) is 6.48. The lowest BCUT2D eigenvalue weighted by Gasteiger charge is -2.36. The molecule has 2 aromatic rings. The first kappa shape index (κ1) is 15.1. The van der Waals surface area contributed by atoms with Crippen LogP contribution < -0.4 is 0 Å². The summed E-state index contributed by atoms with van der Waals surface area (Å²) in [6, 6.07) is 11.9. The Morgan fingerprint density at radius 1 is 1.36 bits per heavy atom. The van der Waals surface area contributed by atoms with Crippen molar-refractivity contribution in [3.8, 4) is 0 Å². The van der Waals surface area contributed by atoms with Crippen LogP contribution in [-0.4, -0.2) is 29.0 Å². The van der Waals surface area contributed by atoms with Crippen LogP contribution in [0.2, 0.25) is 0 Å². The summed E-state index contributed by atoms with van der Waals surface area (Å²) < 4.78 is 6.04. The zero-order chi connectivity index (χ0) is 15.5. The molecule has 0 radical (unpaired) electrons. The van der Waals surface area contributed by atoms with E-state index in [2.05, 4.69) is 24.0 Å². The van der Waals surface area contributed by atoms with Crippen molar-refractivity contribution < 1.29 is 9.66 Å². The molecule has 0 amide bonds. The van der Waals surface area contributed by atoms with Gasteiger partial charge < -0.3 is 4.74 Å². The maximum Gasteiger partial charge on any atom is 0.324 e. The minimum Gasteiger partial charge on any atom is -0.368 e. The molecule has 1 fully saturated rings. The molecule has 1 aliphatic rings. The Morgan fingerprint density at radius 3 is 2.82 bits per heavy atom. The Labute approximate surface area is 133 Å². The molecule has 116 valence electrons. The highest BCUT2D eigenvalue weighted by molar-refractivity contribution is 7.13. The number of thiophene rings is 1. The van der Waals surface area contributed by atoms with E-state index < -0.39 is 0 Å². The van der Waals surface area contributed by atoms with E-state index in [1.807, 2.05) is 23.6 Å². The van der Waals surface area contributed by atoms with Gasteiger partial charge in [0.05, 0.1) is 17.1 Å². The third-order valence-electron chi connectivity index (χ3n) is 3.73. The largest absolute Gasteiger partial charge is 0.368 e. The third-order valence-corrected chi connectivity index (χ3v) is 4.66. The fourth-order valence-electron chi connectivity index (χ4n) is 2.82. The molecule has 1 aromatic carbocycles. The number of nitro groups is 1. The second-order valence-electron chi connectivity index (χ2n) is 5.59. The van der Waals surface area contributed by atoms with Gasteiger partial charge in [0.15, 0.2) is 0 Å². The van der Waals surface area contributed by atoms with Crippen LogP contribution in [0.3, 0.4) is 0 Å². The Hall–Kier alpha value is -1.76. The standard InChI is InChI=1S/C16H18N2O3S/c1-12-8-17(9-13-7-16(18(19)20)22-11-13)10-15(21-12)14-5-3-2-4-6-14/h2-7,11-12,15H,8-10H2,1H3/t12-,15-/m0/s1. The van der Waals surface area contributed by atoms with Gasteiger partial charge in [0.1, 0.15) is 0 Å². The smallest absolute Gasteiger partial charge is 0.324 e. The number of hydrogen-bond acceptors (Lipinski definition) is 5. The predicted octanol–water partition coefficient (Wildman–Crippen LogP) is 3.62. The predicted molar refractivity (Wildman–Crippen MR) is 86.0 cm³/mol. The minimum atomic E-state index is -0.330. The van der Waals surface area contributed by atoms with Crippen molar-refractivity contribution in [2.75, 3.05) is 13.1 Å². The molecular weight excluding hydrogens is 300 g/mol. The molecule has 0 spiro atoms. The van der Waals surface area contributed by atoms with Crippen LogP contribution in [0.1, 0.15) is 24.2 Å². The van der Waals surface area contributed by atoms with E-state index in [0.717, 1.165) is 25.2 Å². The fourth-order valence-corrected chi connectivity index (χ4v) is 3.54. The molecule has 2 heterocycles. The lowest BCUT2D eigenvalue weighted by atomic mass is 10.1. The number of hydrogen-bond donors (Lipinski definition) is 0. The Balaban J connectivity index is 1.69. The summed E-state index contributed by atoms with van der Waals surface area (Å²) in [7, 11) is 0. The van der Waals surface area contributed by atoms with E-state index in [4.69, 9.17) is 4.74 Å². The molecule has 1 saturated heterocycles. The highest BCUT2D eigenvalue weighted by atomic mass is 32.1. The molecule has 22 heavy (non-hydrogen) atoms. The number of rotatable bonds is 4. The second kappa shape index (κ2) is 6.56. The summed E-state index contributed by atoms with van der Waals surface area (Å²) in [5.74, 6) is 0. The van der Waals surface area contributed by atoms with Crippen molar-refractivity contribution in [1.82, 2.24) is 4.90 Å². The number of benzene rings is 1. The fraction of sp³-hybridized carbons (Fsp3) is 0.375. The topological polar surface area (TPSA) is 55.6 Å². The molecule has 1 aromatic heterocycles. The molecule has 5 nitrogen and oxygen atoms in total. The van der Waals surface area contributed by atoms with Gasteiger partial charge in [0.25, 0.3) is 0 Å². The lowest BCUT2D eigenvalue weighted by molar-refractivity contribution is -0.380. The van der Waals surface area contributed by atoms with Gasteiger partial charge in [-0.05, 0) is 18.1 Å². The van der Waals surface area contributed by atoms with E-state index >= 15 is 0 Å². The van der Waals surface area contributed by atoms with Gasteiger partial charge in [-0.25, -0.2) is 0 Å². The van der Waals surface area contributed by atoms with Gasteiger partial charge in [0, 0.05) is 31.1 Å². The van der Waals surface area contributed by atoms with Crippen molar-refractivity contribution in [3.63, 3.8) is 0 Å². The average Bonchev–Trinajstić information content (AvgIpc) is 2.96. The molecule has 0 bridgehead atoms. The van der Waals surface area contributed by atoms with Crippen molar-refractivity contribution >= 4 is 16.3 Å². The van der Waals surface area contributed by atoms with Crippen LogP contribution >= 0.6 is 11.3 Å². The van der Waals surface area contributed by atoms with Gasteiger partial charge >= 0.3 is 5.00 Å². The number of ether oxygens (including phenoxy) is 1. The molecule has 2 atom stereocenters. The molecule has 3 rings (SSSR count). The van der Waals surface area contributed by atoms with Crippen molar-refractivity contribution in [1.29, 1.82) is 0 Å². The lowest BCUT2D eigenvalue weighted by Crippen LogP contribution is -2.42. The Bertz CT molecular complexity index is 644. The molecule has 6 heteroatoms. The molecule has 1 aliphatic heterocycles. The summed E-state index contributed by atoms with van der Waals surface area (Å²) in [5.41, 5.74) is 2.17. The van der Waals surface area contributed by atoms with E-state index in [1.54, 1.807) is 6.07 Å². The van der Waals surface area contributed by atoms with Crippen LogP contribution in [-0.2, 0) is 11.3 Å². The summed E-state index contributed by atoms with van der Waals surface area (Å²) in [4.78, 5) is 12.8. The molecule has 0 unspecified atom stereocenters. The summed E-state index contributed by atoms with van der Waals surface area (Å²) in [6.45, 7) is 4.44. The first-order valence-electron chi connectivity index (χ1n) is 7.26. The van der Waals surface area contributed by atoms with Gasteiger partial charge in [-0.1, -0.05) is 41.7 Å². The summed E-state index contributed by atoms with van der Waals surface area (Å²) in [6.07, 6.45) is 0.200. The van der Waals surface area contributed by atoms with Crippen LogP contribution in [0, 0.1) is 10.1 Å². The first-order valence-corrected chi connectivity index (χ1v) is 8.14. The Kier molecular flexibility index (Phi) is 4.52. The highest BCUT2D eigenvalue weighted by Gasteiger charge is 2.26. The number of nitrogens with zero attached hydrogens (tertiary/aromatic N) is 2. The normalized spacial score (nSPS) is 22.6. The van der Waals surface area contributed by atoms with E-state index in [0.29, 0.717) is 0 Å². The van der Waals surface area contributed by atoms with Crippen LogP contribution in [0.5, 0.6) is 0 Å². The van der Waals surface area contributed by atoms with E-state index in [9.17, 15) is 10.1 Å². The maximum atomic E-state index is 10.8. The zero-order valence-corrected chi connectivity index (χ0v) is 13.2. The highest BCUT2D eigenvalue weighted by Crippen LogP contribution is 2.28. The third kappa shape index (κ3) is 3.52. The van der Waals surface area contributed by atoms with Gasteiger partial charge in [-0.3, -0.25) is 15.0 Å². The Morgan fingerprint density at radius 2 is 2.14 bits per heavy atom. The number of morpholine rings is 1. The van der Waals surface area contributed by atoms with Crippen molar-refractivity contribution in [3.05, 3.63) is 63.0 Å². The zero-order valence-electron chi connectivity index (χ0n) is 12.3. The summed E-state index contributed by atoms with van der Waals surface area (Å²) >= 11 is 1.19. The molecule has 0 saturated carbocycles. The molecule has 0 N–H and O–H groups in total. The minimum absolute atomic E-state index is 0.0542. The van der Waals surface area contributed by atoms with Crippen molar-refractivity contribution in [2.24, 2.45) is 0 Å². The quantitative estimate of drug-likeness (QED) is 0.638. The first-order chi connectivity index (χ1) is 10.6. The van der Waals surface area contributed by atoms with E-state index in [1.165, 1.54) is 16.9 Å². The van der Waals surface area contributed by atoms with Crippen LogP contribution in [0.4, 0.5) is 5.00 Å². The molecule has 0 aliphatic carbocycles.